The van der Waals surface area contributed by atoms with E-state index in [2.05, 4.69) is 4.90 Å². The molecule has 4 heteroatoms. The van der Waals surface area contributed by atoms with Crippen molar-refractivity contribution >= 4 is 5.91 Å². The number of nitrogens with zero attached hydrogens (tertiary/aromatic N) is 2. The third kappa shape index (κ3) is 3.76. The van der Waals surface area contributed by atoms with Crippen LogP contribution in [0.5, 0.6) is 0 Å². The van der Waals surface area contributed by atoms with Crippen LogP contribution in [0.25, 0.3) is 0 Å². The molecule has 1 unspecified atom stereocenters. The Kier molecular flexibility index (Phi) is 5.22. The number of hydrogen-bond donors (Lipinski definition) is 1. The topological polar surface area (TPSA) is 43.8 Å². The molecule has 1 heterocycles. The van der Waals surface area contributed by atoms with Gasteiger partial charge < -0.3 is 14.9 Å². The van der Waals surface area contributed by atoms with Gasteiger partial charge in [-0.15, -0.1) is 0 Å². The second kappa shape index (κ2) is 6.21. The summed E-state index contributed by atoms with van der Waals surface area (Å²) in [5.74, 6) is 0.431. The van der Waals surface area contributed by atoms with Crippen molar-refractivity contribution in [2.24, 2.45) is 5.92 Å². The molecule has 16 heavy (non-hydrogen) atoms. The van der Waals surface area contributed by atoms with Gasteiger partial charge in [0.25, 0.3) is 0 Å². The van der Waals surface area contributed by atoms with Crippen LogP contribution >= 0.6 is 0 Å². The summed E-state index contributed by atoms with van der Waals surface area (Å²) in [5.41, 5.74) is 0. The lowest BCUT2D eigenvalue weighted by atomic mass is 9.95. The Hall–Kier alpha value is -0.610. The van der Waals surface area contributed by atoms with Crippen LogP contribution in [0.3, 0.4) is 0 Å². The predicted molar refractivity (Wildman–Crippen MR) is 64.2 cm³/mol. The summed E-state index contributed by atoms with van der Waals surface area (Å²) >= 11 is 0. The molecule has 1 N–H and O–H groups in total. The molecule has 0 spiro atoms. The molecule has 0 radical (unpaired) electrons. The molecule has 94 valence electrons. The lowest BCUT2D eigenvalue weighted by molar-refractivity contribution is -0.134. The van der Waals surface area contributed by atoms with E-state index in [0.29, 0.717) is 0 Å². The van der Waals surface area contributed by atoms with Crippen molar-refractivity contribution in [3.8, 4) is 0 Å². The maximum Gasteiger partial charge on any atom is 0.225 e. The van der Waals surface area contributed by atoms with E-state index in [1.54, 1.807) is 4.90 Å². The van der Waals surface area contributed by atoms with Crippen LogP contribution in [0.15, 0.2) is 0 Å². The molecule has 0 aromatic carbocycles. The van der Waals surface area contributed by atoms with Crippen molar-refractivity contribution in [3.63, 3.8) is 0 Å². The molecule has 1 saturated heterocycles. The smallest absolute Gasteiger partial charge is 0.225 e. The number of hydrogen-bond acceptors (Lipinski definition) is 3. The fourth-order valence-electron chi connectivity index (χ4n) is 2.15. The molecule has 0 aromatic heterocycles. The summed E-state index contributed by atoms with van der Waals surface area (Å²) in [4.78, 5) is 15.7. The van der Waals surface area contributed by atoms with Crippen LogP contribution in [0.4, 0.5) is 0 Å². The SMILES string of the molecule is CCC(O)CN1CCC(C(=O)N(C)C)CC1. The molecule has 0 aromatic rings. The molecule has 4 nitrogen and oxygen atoms in total. The Morgan fingerprint density at radius 1 is 1.44 bits per heavy atom. The summed E-state index contributed by atoms with van der Waals surface area (Å²) in [6.07, 6.45) is 2.43. The van der Waals surface area contributed by atoms with Crippen molar-refractivity contribution in [2.75, 3.05) is 33.7 Å². The van der Waals surface area contributed by atoms with Gasteiger partial charge in [-0.3, -0.25) is 4.79 Å². The van der Waals surface area contributed by atoms with E-state index in [-0.39, 0.29) is 17.9 Å². The van der Waals surface area contributed by atoms with Crippen molar-refractivity contribution < 1.29 is 9.90 Å². The lowest BCUT2D eigenvalue weighted by Gasteiger charge is -2.33. The Morgan fingerprint density at radius 2 is 2.00 bits per heavy atom. The Morgan fingerprint density at radius 3 is 2.44 bits per heavy atom. The van der Waals surface area contributed by atoms with Gasteiger partial charge in [0, 0.05) is 26.6 Å². The third-order valence-corrected chi connectivity index (χ3v) is 3.32. The van der Waals surface area contributed by atoms with Gasteiger partial charge in [0.1, 0.15) is 0 Å². The van der Waals surface area contributed by atoms with Gasteiger partial charge in [0.2, 0.25) is 5.91 Å². The number of likely N-dealkylation sites (tertiary alicyclic amines) is 1. The average Bonchev–Trinajstić information content (AvgIpc) is 2.28. The Balaban J connectivity index is 2.31. The molecule has 1 rings (SSSR count). The number of aliphatic hydroxyl groups is 1. The maximum absolute atomic E-state index is 11.7. The summed E-state index contributed by atoms with van der Waals surface area (Å²) in [7, 11) is 3.63. The number of β-amino-alcohol motifs (C(OH)–C–C–N with tert-alkyl or cyclic N) is 1. The zero-order valence-electron chi connectivity index (χ0n) is 10.6. The number of rotatable bonds is 4. The average molecular weight is 228 g/mol. The second-order valence-corrected chi connectivity index (χ2v) is 4.87. The minimum atomic E-state index is -0.221. The summed E-state index contributed by atoms with van der Waals surface area (Å²) < 4.78 is 0. The molecule has 0 bridgehead atoms. The van der Waals surface area contributed by atoms with Crippen LogP contribution in [0.2, 0.25) is 0 Å². The molecule has 0 saturated carbocycles. The van der Waals surface area contributed by atoms with E-state index < -0.39 is 0 Å². The van der Waals surface area contributed by atoms with Crippen molar-refractivity contribution in [2.45, 2.75) is 32.3 Å². The molecular formula is C12H24N2O2. The fourth-order valence-corrected chi connectivity index (χ4v) is 2.15. The first-order valence-electron chi connectivity index (χ1n) is 6.16. The first-order valence-corrected chi connectivity index (χ1v) is 6.16. The zero-order valence-corrected chi connectivity index (χ0v) is 10.6. The fraction of sp³-hybridized carbons (Fsp3) is 0.917. The summed E-state index contributed by atoms with van der Waals surface area (Å²) in [5, 5.41) is 9.56. The number of amides is 1. The third-order valence-electron chi connectivity index (χ3n) is 3.32. The minimum absolute atomic E-state index is 0.185. The molecule has 1 fully saturated rings. The van der Waals surface area contributed by atoms with E-state index in [0.717, 1.165) is 38.9 Å². The number of piperidine rings is 1. The first kappa shape index (κ1) is 13.5. The summed E-state index contributed by atoms with van der Waals surface area (Å²) in [6.45, 7) is 4.61. The van der Waals surface area contributed by atoms with Gasteiger partial charge >= 0.3 is 0 Å². The molecule has 1 amide bonds. The Labute approximate surface area is 98.2 Å². The van der Waals surface area contributed by atoms with Gasteiger partial charge in [-0.25, -0.2) is 0 Å². The highest BCUT2D eigenvalue weighted by Crippen LogP contribution is 2.19. The van der Waals surface area contributed by atoms with E-state index in [4.69, 9.17) is 0 Å². The zero-order chi connectivity index (χ0) is 12.1. The molecule has 1 aliphatic rings. The normalized spacial score (nSPS) is 20.8. The largest absolute Gasteiger partial charge is 0.392 e. The number of aliphatic hydroxyl groups excluding tert-OH is 1. The highest BCUT2D eigenvalue weighted by atomic mass is 16.3. The van der Waals surface area contributed by atoms with Gasteiger partial charge in [-0.1, -0.05) is 6.92 Å². The molecule has 1 atom stereocenters. The highest BCUT2D eigenvalue weighted by molar-refractivity contribution is 5.78. The summed E-state index contributed by atoms with van der Waals surface area (Å²) in [6, 6.07) is 0. The molecule has 1 aliphatic heterocycles. The van der Waals surface area contributed by atoms with Crippen LogP contribution in [-0.2, 0) is 4.79 Å². The van der Waals surface area contributed by atoms with Gasteiger partial charge in [-0.05, 0) is 32.4 Å². The molecule has 0 aliphatic carbocycles. The quantitative estimate of drug-likeness (QED) is 0.764. The molecular weight excluding hydrogens is 204 g/mol. The van der Waals surface area contributed by atoms with Gasteiger partial charge in [0.15, 0.2) is 0 Å². The standard InChI is InChI=1S/C12H24N2O2/c1-4-11(15)9-14-7-5-10(6-8-14)12(16)13(2)3/h10-11,15H,4-9H2,1-3H3. The second-order valence-electron chi connectivity index (χ2n) is 4.87. The Bertz CT molecular complexity index is 223. The maximum atomic E-state index is 11.7. The van der Waals surface area contributed by atoms with Crippen LogP contribution in [0.1, 0.15) is 26.2 Å². The van der Waals surface area contributed by atoms with E-state index in [1.807, 2.05) is 21.0 Å². The number of carbonyl (C=O) groups excluding carboxylic acids is 1. The van der Waals surface area contributed by atoms with Crippen molar-refractivity contribution in [1.29, 1.82) is 0 Å². The van der Waals surface area contributed by atoms with Crippen LogP contribution in [-0.4, -0.2) is 60.6 Å². The van der Waals surface area contributed by atoms with E-state index >= 15 is 0 Å². The lowest BCUT2D eigenvalue weighted by Crippen LogP contribution is -2.42. The monoisotopic (exact) mass is 228 g/mol. The van der Waals surface area contributed by atoms with Gasteiger partial charge in [0.05, 0.1) is 6.10 Å². The van der Waals surface area contributed by atoms with E-state index in [1.165, 1.54) is 0 Å². The van der Waals surface area contributed by atoms with Crippen LogP contribution in [0, 0.1) is 5.92 Å². The number of carbonyl (C=O) groups is 1. The van der Waals surface area contributed by atoms with Crippen molar-refractivity contribution in [3.05, 3.63) is 0 Å². The predicted octanol–water partition coefficient (Wildman–Crippen LogP) is 0.557. The highest BCUT2D eigenvalue weighted by Gasteiger charge is 2.26. The first-order chi connectivity index (χ1) is 7.54. The minimum Gasteiger partial charge on any atom is -0.392 e. The van der Waals surface area contributed by atoms with Crippen LogP contribution < -0.4 is 0 Å². The van der Waals surface area contributed by atoms with Crippen molar-refractivity contribution in [1.82, 2.24) is 9.80 Å². The van der Waals surface area contributed by atoms with Gasteiger partial charge in [-0.2, -0.15) is 0 Å². The van der Waals surface area contributed by atoms with E-state index in [9.17, 15) is 9.90 Å².